The lowest BCUT2D eigenvalue weighted by atomic mass is 10.4. The van der Waals surface area contributed by atoms with Crippen LogP contribution in [0, 0.1) is 6.04 Å². The van der Waals surface area contributed by atoms with Gasteiger partial charge in [0, 0.05) is 6.61 Å². The average Bonchev–Trinajstić information content (AvgIpc) is 1.89. The molecule has 0 saturated carbocycles. The van der Waals surface area contributed by atoms with Gasteiger partial charge in [-0.05, 0) is 12.5 Å². The summed E-state index contributed by atoms with van der Waals surface area (Å²) in [6, 6.07) is 2.29. The summed E-state index contributed by atoms with van der Waals surface area (Å²) in [4.78, 5) is 0. The largest absolute Gasteiger partial charge is 0.424 e. The van der Waals surface area contributed by atoms with Crippen LogP contribution in [0.1, 0.15) is 33.1 Å². The maximum absolute atomic E-state index is 5.40. The molecule has 0 atom stereocenters. The van der Waals surface area contributed by atoms with E-state index in [0.29, 0.717) is 0 Å². The van der Waals surface area contributed by atoms with Crippen molar-refractivity contribution in [3.05, 3.63) is 6.04 Å². The van der Waals surface area contributed by atoms with Crippen molar-refractivity contribution in [3.8, 4) is 0 Å². The molecule has 0 amide bonds. The quantitative estimate of drug-likeness (QED) is 0.406. The molecule has 0 rings (SSSR count). The molecule has 0 saturated heterocycles. The third kappa shape index (κ3) is 8.18. The molecule has 0 aliphatic heterocycles. The monoisotopic (exact) mass is 145 g/mol. The van der Waals surface area contributed by atoms with Gasteiger partial charge in [0.15, 0.2) is 9.76 Å². The van der Waals surface area contributed by atoms with Gasteiger partial charge in [0.25, 0.3) is 0 Å². The smallest absolute Gasteiger partial charge is 0.164 e. The van der Waals surface area contributed by atoms with E-state index in [-0.39, 0.29) is 9.76 Å². The van der Waals surface area contributed by atoms with Gasteiger partial charge in [-0.25, -0.2) is 0 Å². The Morgan fingerprint density at radius 3 is 2.78 bits per heavy atom. The zero-order valence-corrected chi connectivity index (χ0v) is 7.94. The zero-order valence-electron chi connectivity index (χ0n) is 6.52. The molecule has 0 heterocycles. The van der Waals surface area contributed by atoms with E-state index in [9.17, 15) is 0 Å². The molecular formula is C7H17OSi. The highest BCUT2D eigenvalue weighted by atomic mass is 28.2. The third-order valence-electron chi connectivity index (χ3n) is 1.17. The number of hydrogen-bond acceptors (Lipinski definition) is 1. The van der Waals surface area contributed by atoms with Gasteiger partial charge >= 0.3 is 0 Å². The fraction of sp³-hybridized carbons (Fsp3) is 0.857. The predicted octanol–water partition coefficient (Wildman–Crippen LogP) is 1.46. The molecule has 2 heteroatoms. The van der Waals surface area contributed by atoms with Crippen LogP contribution in [0.15, 0.2) is 0 Å². The van der Waals surface area contributed by atoms with Crippen molar-refractivity contribution in [2.24, 2.45) is 0 Å². The summed E-state index contributed by atoms with van der Waals surface area (Å²) in [5.41, 5.74) is 0. The Hall–Kier alpha value is 0.177. The van der Waals surface area contributed by atoms with Crippen LogP contribution < -0.4 is 0 Å². The maximum Gasteiger partial charge on any atom is 0.164 e. The molecule has 0 fully saturated rings. The fourth-order valence-corrected chi connectivity index (χ4v) is 1.30. The van der Waals surface area contributed by atoms with Gasteiger partial charge in [0.05, 0.1) is 0 Å². The van der Waals surface area contributed by atoms with Crippen LogP contribution in [0.5, 0.6) is 0 Å². The minimum atomic E-state index is -0.234. The molecule has 0 aromatic heterocycles. The number of rotatable bonds is 6. The lowest BCUT2D eigenvalue weighted by Crippen LogP contribution is -2.00. The Morgan fingerprint density at radius 1 is 1.44 bits per heavy atom. The van der Waals surface area contributed by atoms with Gasteiger partial charge < -0.3 is 4.43 Å². The molecule has 1 nitrogen and oxygen atoms in total. The zero-order chi connectivity index (χ0) is 6.95. The van der Waals surface area contributed by atoms with Crippen molar-refractivity contribution in [1.82, 2.24) is 0 Å². The topological polar surface area (TPSA) is 9.23 Å². The Bertz CT molecular complexity index is 42.2. The fourth-order valence-electron chi connectivity index (χ4n) is 0.531. The van der Waals surface area contributed by atoms with Crippen molar-refractivity contribution in [2.45, 2.75) is 33.1 Å². The van der Waals surface area contributed by atoms with E-state index in [4.69, 9.17) is 4.43 Å². The highest BCUT2D eigenvalue weighted by Crippen LogP contribution is 1.88. The first kappa shape index (κ1) is 9.18. The maximum atomic E-state index is 5.40. The molecule has 0 spiro atoms. The lowest BCUT2D eigenvalue weighted by molar-refractivity contribution is 0.329. The lowest BCUT2D eigenvalue weighted by Gasteiger charge is -1.99. The van der Waals surface area contributed by atoms with Crippen LogP contribution in [0.4, 0.5) is 0 Å². The standard InChI is InChI=1S/C7H17OSi/c1-3-5-6-8-9-7-4-2/h7H,3-6,9H2,1-2H3. The van der Waals surface area contributed by atoms with E-state index in [1.54, 1.807) is 0 Å². The van der Waals surface area contributed by atoms with E-state index in [0.717, 1.165) is 6.61 Å². The molecule has 0 aliphatic rings. The minimum Gasteiger partial charge on any atom is -0.424 e. The Balaban J connectivity index is 2.60. The first-order valence-corrected chi connectivity index (χ1v) is 5.20. The molecule has 0 unspecified atom stereocenters. The second-order valence-corrected chi connectivity index (χ2v) is 3.44. The SMILES string of the molecule is CC[CH][SiH2]OCCCC. The van der Waals surface area contributed by atoms with Gasteiger partial charge in [0.1, 0.15) is 0 Å². The highest BCUT2D eigenvalue weighted by molar-refractivity contribution is 6.32. The van der Waals surface area contributed by atoms with Gasteiger partial charge in [-0.15, -0.1) is 0 Å². The van der Waals surface area contributed by atoms with Crippen molar-refractivity contribution < 1.29 is 4.43 Å². The summed E-state index contributed by atoms with van der Waals surface area (Å²) in [5.74, 6) is 0. The van der Waals surface area contributed by atoms with Crippen LogP contribution in [0.25, 0.3) is 0 Å². The second kappa shape index (κ2) is 8.18. The molecule has 1 radical (unpaired) electrons. The summed E-state index contributed by atoms with van der Waals surface area (Å²) >= 11 is 0. The summed E-state index contributed by atoms with van der Waals surface area (Å²) in [7, 11) is -0.234. The van der Waals surface area contributed by atoms with Crippen LogP contribution in [-0.4, -0.2) is 16.4 Å². The van der Waals surface area contributed by atoms with Crippen molar-refractivity contribution in [2.75, 3.05) is 6.61 Å². The van der Waals surface area contributed by atoms with E-state index in [2.05, 4.69) is 19.9 Å². The first-order valence-electron chi connectivity index (χ1n) is 3.81. The molecule has 0 aliphatic carbocycles. The van der Waals surface area contributed by atoms with E-state index in [1.165, 1.54) is 19.3 Å². The first-order chi connectivity index (χ1) is 4.41. The van der Waals surface area contributed by atoms with E-state index < -0.39 is 0 Å². The van der Waals surface area contributed by atoms with Crippen molar-refractivity contribution in [1.29, 1.82) is 0 Å². The molecular weight excluding hydrogens is 128 g/mol. The highest BCUT2D eigenvalue weighted by Gasteiger charge is 1.85. The Labute approximate surface area is 60.7 Å². The molecule has 0 N–H and O–H groups in total. The second-order valence-electron chi connectivity index (χ2n) is 2.13. The Kier molecular flexibility index (Phi) is 8.34. The summed E-state index contributed by atoms with van der Waals surface area (Å²) < 4.78 is 5.40. The summed E-state index contributed by atoms with van der Waals surface area (Å²) in [6.45, 7) is 5.34. The van der Waals surface area contributed by atoms with Crippen LogP contribution >= 0.6 is 0 Å². The van der Waals surface area contributed by atoms with Crippen LogP contribution in [0.2, 0.25) is 0 Å². The molecule has 0 bridgehead atoms. The van der Waals surface area contributed by atoms with Crippen LogP contribution in [-0.2, 0) is 4.43 Å². The normalized spacial score (nSPS) is 11.3. The molecule has 9 heavy (non-hydrogen) atoms. The van der Waals surface area contributed by atoms with Gasteiger partial charge in [-0.2, -0.15) is 0 Å². The summed E-state index contributed by atoms with van der Waals surface area (Å²) in [6.07, 6.45) is 3.66. The van der Waals surface area contributed by atoms with E-state index in [1.807, 2.05) is 0 Å². The van der Waals surface area contributed by atoms with E-state index >= 15 is 0 Å². The Morgan fingerprint density at radius 2 is 2.22 bits per heavy atom. The molecule has 0 aromatic carbocycles. The third-order valence-corrected chi connectivity index (χ3v) is 2.50. The molecule has 0 aromatic rings. The number of unbranched alkanes of at least 4 members (excludes halogenated alkanes) is 1. The van der Waals surface area contributed by atoms with Crippen molar-refractivity contribution >= 4 is 9.76 Å². The van der Waals surface area contributed by atoms with Gasteiger partial charge in [-0.1, -0.05) is 26.7 Å². The van der Waals surface area contributed by atoms with Crippen LogP contribution in [0.3, 0.4) is 0 Å². The van der Waals surface area contributed by atoms with Crippen molar-refractivity contribution in [3.63, 3.8) is 0 Å². The molecule has 55 valence electrons. The summed E-state index contributed by atoms with van der Waals surface area (Å²) in [5, 5.41) is 0. The minimum absolute atomic E-state index is 0.234. The van der Waals surface area contributed by atoms with Gasteiger partial charge in [-0.3, -0.25) is 0 Å². The average molecular weight is 145 g/mol. The predicted molar refractivity (Wildman–Crippen MR) is 44.0 cm³/mol. The van der Waals surface area contributed by atoms with Gasteiger partial charge in [0.2, 0.25) is 0 Å². The number of hydrogen-bond donors (Lipinski definition) is 0.